The SMILES string of the molecule is Cc1cc(C(=O)Nc2ccc(OCC(F)(F)F)cc2)ccc1-n1cnnn1. The number of tetrazole rings is 1. The Morgan fingerprint density at radius 1 is 1.19 bits per heavy atom. The van der Waals surface area contributed by atoms with Crippen LogP contribution < -0.4 is 10.1 Å². The molecule has 1 amide bonds. The van der Waals surface area contributed by atoms with Crippen molar-refractivity contribution in [1.29, 1.82) is 0 Å². The number of hydrogen-bond acceptors (Lipinski definition) is 5. The third-order valence-corrected chi connectivity index (χ3v) is 3.57. The summed E-state index contributed by atoms with van der Waals surface area (Å²) in [4.78, 5) is 12.4. The van der Waals surface area contributed by atoms with Crippen molar-refractivity contribution < 1.29 is 22.7 Å². The van der Waals surface area contributed by atoms with Crippen molar-refractivity contribution in [3.8, 4) is 11.4 Å². The van der Waals surface area contributed by atoms with Crippen molar-refractivity contribution in [2.45, 2.75) is 13.1 Å². The summed E-state index contributed by atoms with van der Waals surface area (Å²) in [5.41, 5.74) is 2.39. The number of ether oxygens (including phenoxy) is 1. The van der Waals surface area contributed by atoms with Gasteiger partial charge in [-0.25, -0.2) is 4.68 Å². The molecule has 0 atom stereocenters. The largest absolute Gasteiger partial charge is 0.484 e. The topological polar surface area (TPSA) is 81.9 Å². The maximum atomic E-state index is 12.4. The van der Waals surface area contributed by atoms with Gasteiger partial charge in [0.1, 0.15) is 12.1 Å². The fourth-order valence-electron chi connectivity index (χ4n) is 2.33. The molecule has 0 radical (unpaired) electrons. The van der Waals surface area contributed by atoms with Crippen LogP contribution >= 0.6 is 0 Å². The number of nitrogens with zero attached hydrogens (tertiary/aromatic N) is 4. The number of carbonyl (C=O) groups excluding carboxylic acids is 1. The van der Waals surface area contributed by atoms with Gasteiger partial charge in [0.25, 0.3) is 5.91 Å². The average Bonchev–Trinajstić information content (AvgIpc) is 3.14. The molecule has 7 nitrogen and oxygen atoms in total. The predicted molar refractivity (Wildman–Crippen MR) is 89.8 cm³/mol. The normalized spacial score (nSPS) is 11.3. The van der Waals surface area contributed by atoms with Crippen molar-refractivity contribution in [3.63, 3.8) is 0 Å². The monoisotopic (exact) mass is 377 g/mol. The van der Waals surface area contributed by atoms with Gasteiger partial charge in [-0.1, -0.05) is 0 Å². The van der Waals surface area contributed by atoms with Crippen LogP contribution in [-0.4, -0.2) is 38.9 Å². The van der Waals surface area contributed by atoms with E-state index >= 15 is 0 Å². The summed E-state index contributed by atoms with van der Waals surface area (Å²) in [5, 5.41) is 13.6. The van der Waals surface area contributed by atoms with Crippen LogP contribution in [0.3, 0.4) is 0 Å². The molecule has 3 aromatic rings. The number of carbonyl (C=O) groups is 1. The molecule has 27 heavy (non-hydrogen) atoms. The minimum Gasteiger partial charge on any atom is -0.484 e. The molecule has 0 saturated carbocycles. The van der Waals surface area contributed by atoms with Crippen LogP contribution in [0.5, 0.6) is 5.75 Å². The van der Waals surface area contributed by atoms with Crippen molar-refractivity contribution in [3.05, 3.63) is 59.9 Å². The molecular weight excluding hydrogens is 363 g/mol. The van der Waals surface area contributed by atoms with Crippen LogP contribution in [-0.2, 0) is 0 Å². The van der Waals surface area contributed by atoms with Crippen LogP contribution in [0.25, 0.3) is 5.69 Å². The van der Waals surface area contributed by atoms with Crippen molar-refractivity contribution >= 4 is 11.6 Å². The Bertz CT molecular complexity index is 925. The maximum Gasteiger partial charge on any atom is 0.422 e. The summed E-state index contributed by atoms with van der Waals surface area (Å²) in [6.45, 7) is 0.451. The number of halogens is 3. The zero-order valence-electron chi connectivity index (χ0n) is 14.1. The van der Waals surface area contributed by atoms with E-state index in [0.29, 0.717) is 11.3 Å². The number of aryl methyl sites for hydroxylation is 1. The molecule has 0 aliphatic heterocycles. The highest BCUT2D eigenvalue weighted by atomic mass is 19.4. The van der Waals surface area contributed by atoms with Crippen molar-refractivity contribution in [1.82, 2.24) is 20.2 Å². The summed E-state index contributed by atoms with van der Waals surface area (Å²) in [6, 6.07) is 10.7. The number of anilines is 1. The molecule has 0 fully saturated rings. The van der Waals surface area contributed by atoms with Crippen molar-refractivity contribution in [2.24, 2.45) is 0 Å². The lowest BCUT2D eigenvalue weighted by atomic mass is 10.1. The molecule has 10 heteroatoms. The summed E-state index contributed by atoms with van der Waals surface area (Å²) < 4.78 is 42.5. The van der Waals surface area contributed by atoms with E-state index in [2.05, 4.69) is 25.6 Å². The van der Waals surface area contributed by atoms with Crippen LogP contribution in [0.1, 0.15) is 15.9 Å². The number of rotatable bonds is 5. The molecule has 0 aliphatic carbocycles. The van der Waals surface area contributed by atoms with Crippen LogP contribution in [0.4, 0.5) is 18.9 Å². The van der Waals surface area contributed by atoms with Gasteiger partial charge in [0.2, 0.25) is 0 Å². The van der Waals surface area contributed by atoms with Gasteiger partial charge in [-0.15, -0.1) is 5.10 Å². The number of benzene rings is 2. The minimum atomic E-state index is -4.40. The summed E-state index contributed by atoms with van der Waals surface area (Å²) in [6.07, 6.45) is -2.95. The first-order valence-corrected chi connectivity index (χ1v) is 7.77. The second-order valence-electron chi connectivity index (χ2n) is 5.64. The van der Waals surface area contributed by atoms with Crippen molar-refractivity contribution in [2.75, 3.05) is 11.9 Å². The first kappa shape index (κ1) is 18.4. The highest BCUT2D eigenvalue weighted by Gasteiger charge is 2.28. The Labute approximate surface area is 151 Å². The molecule has 0 spiro atoms. The van der Waals surface area contributed by atoms with Gasteiger partial charge in [-0.3, -0.25) is 4.79 Å². The lowest BCUT2D eigenvalue weighted by Crippen LogP contribution is -2.19. The smallest absolute Gasteiger partial charge is 0.422 e. The van der Waals surface area contributed by atoms with Gasteiger partial charge >= 0.3 is 6.18 Å². The van der Waals surface area contributed by atoms with Crippen LogP contribution in [0.15, 0.2) is 48.8 Å². The molecule has 0 saturated heterocycles. The Morgan fingerprint density at radius 3 is 2.52 bits per heavy atom. The maximum absolute atomic E-state index is 12.4. The highest BCUT2D eigenvalue weighted by Crippen LogP contribution is 2.21. The van der Waals surface area contributed by atoms with E-state index in [1.807, 2.05) is 6.92 Å². The van der Waals surface area contributed by atoms with Crippen LogP contribution in [0.2, 0.25) is 0 Å². The molecule has 0 unspecified atom stereocenters. The van der Waals surface area contributed by atoms with Gasteiger partial charge in [0.15, 0.2) is 6.61 Å². The number of aromatic nitrogens is 4. The molecule has 1 N–H and O–H groups in total. The molecule has 1 aromatic heterocycles. The standard InChI is InChI=1S/C17H14F3N5O2/c1-11-8-12(2-7-15(11)25-10-21-23-24-25)16(26)22-13-3-5-14(6-4-13)27-9-17(18,19)20/h2-8,10H,9H2,1H3,(H,22,26). The van der Waals surface area contributed by atoms with E-state index in [0.717, 1.165) is 11.3 Å². The van der Waals surface area contributed by atoms with E-state index in [4.69, 9.17) is 0 Å². The number of alkyl halides is 3. The quantitative estimate of drug-likeness (QED) is 0.739. The first-order chi connectivity index (χ1) is 12.8. The fraction of sp³-hybridized carbons (Fsp3) is 0.176. The van der Waals surface area contributed by atoms with Gasteiger partial charge in [-0.2, -0.15) is 13.2 Å². The fourth-order valence-corrected chi connectivity index (χ4v) is 2.33. The summed E-state index contributed by atoms with van der Waals surface area (Å²) in [5.74, 6) is -0.294. The number of hydrogen-bond donors (Lipinski definition) is 1. The number of amides is 1. The van der Waals surface area contributed by atoms with E-state index in [1.165, 1.54) is 35.3 Å². The average molecular weight is 377 g/mol. The molecule has 0 bridgehead atoms. The van der Waals surface area contributed by atoms with Gasteiger partial charge in [0, 0.05) is 11.3 Å². The van der Waals surface area contributed by atoms with E-state index in [9.17, 15) is 18.0 Å². The van der Waals surface area contributed by atoms with E-state index in [1.54, 1.807) is 18.2 Å². The Balaban J connectivity index is 1.66. The third-order valence-electron chi connectivity index (χ3n) is 3.57. The molecule has 2 aromatic carbocycles. The molecule has 140 valence electrons. The summed E-state index contributed by atoms with van der Waals surface area (Å²) >= 11 is 0. The van der Waals surface area contributed by atoms with E-state index in [-0.39, 0.29) is 11.7 Å². The second-order valence-corrected chi connectivity index (χ2v) is 5.64. The Morgan fingerprint density at radius 2 is 1.93 bits per heavy atom. The molecule has 1 heterocycles. The van der Waals surface area contributed by atoms with Gasteiger partial charge in [0.05, 0.1) is 5.69 Å². The molecular formula is C17H14F3N5O2. The zero-order chi connectivity index (χ0) is 19.4. The molecule has 0 aliphatic rings. The lowest BCUT2D eigenvalue weighted by Gasteiger charge is -2.11. The first-order valence-electron chi connectivity index (χ1n) is 7.77. The van der Waals surface area contributed by atoms with Crippen LogP contribution in [0, 0.1) is 6.92 Å². The van der Waals surface area contributed by atoms with Gasteiger partial charge < -0.3 is 10.1 Å². The summed E-state index contributed by atoms with van der Waals surface area (Å²) in [7, 11) is 0. The third kappa shape index (κ3) is 4.81. The minimum absolute atomic E-state index is 0.0620. The predicted octanol–water partition coefficient (Wildman–Crippen LogP) is 3.16. The lowest BCUT2D eigenvalue weighted by molar-refractivity contribution is -0.153. The van der Waals surface area contributed by atoms with Gasteiger partial charge in [-0.05, 0) is 65.4 Å². The second kappa shape index (κ2) is 7.44. The Hall–Kier alpha value is -3.43. The highest BCUT2D eigenvalue weighted by molar-refractivity contribution is 6.04. The van der Waals surface area contributed by atoms with E-state index < -0.39 is 12.8 Å². The Kier molecular flexibility index (Phi) is 5.06. The zero-order valence-corrected chi connectivity index (χ0v) is 14.1. The molecule has 3 rings (SSSR count). The number of nitrogens with one attached hydrogen (secondary N) is 1.